The number of benzene rings is 2. The number of nitrogens with zero attached hydrogens (tertiary/aromatic N) is 1. The van der Waals surface area contributed by atoms with Crippen molar-refractivity contribution < 1.29 is 9.47 Å². The lowest BCUT2D eigenvalue weighted by Crippen LogP contribution is -1.91. The van der Waals surface area contributed by atoms with Crippen LogP contribution in [0.25, 0.3) is 22.2 Å². The van der Waals surface area contributed by atoms with E-state index in [0.29, 0.717) is 0 Å². The zero-order chi connectivity index (χ0) is 15.3. The van der Waals surface area contributed by atoms with E-state index in [1.165, 1.54) is 16.7 Å². The van der Waals surface area contributed by atoms with Crippen molar-refractivity contribution in [1.82, 2.24) is 4.98 Å². The largest absolute Gasteiger partial charge is 0.497 e. The maximum atomic E-state index is 5.33. The van der Waals surface area contributed by atoms with Gasteiger partial charge in [-0.15, -0.1) is 0 Å². The molecular formula is C18H14BrNO2. The third kappa shape index (κ3) is 1.91. The molecule has 0 saturated carbocycles. The summed E-state index contributed by atoms with van der Waals surface area (Å²) in [4.78, 5) is 4.86. The molecule has 0 atom stereocenters. The molecule has 2 aromatic carbocycles. The molecule has 110 valence electrons. The number of aromatic nitrogens is 1. The number of hydrogen-bond acceptors (Lipinski definition) is 3. The molecule has 0 radical (unpaired) electrons. The molecule has 0 unspecified atom stereocenters. The first-order valence-corrected chi connectivity index (χ1v) is 7.84. The maximum absolute atomic E-state index is 5.33. The first kappa shape index (κ1) is 13.6. The highest BCUT2D eigenvalue weighted by molar-refractivity contribution is 9.10. The Bertz CT molecular complexity index is 905. The molecule has 0 aliphatic heterocycles. The van der Waals surface area contributed by atoms with Crippen LogP contribution in [0.3, 0.4) is 0 Å². The van der Waals surface area contributed by atoms with Gasteiger partial charge in [-0.05, 0) is 63.5 Å². The number of methoxy groups -OCH3 is 2. The van der Waals surface area contributed by atoms with E-state index in [-0.39, 0.29) is 0 Å². The van der Waals surface area contributed by atoms with Crippen molar-refractivity contribution in [1.29, 1.82) is 0 Å². The van der Waals surface area contributed by atoms with Gasteiger partial charge in [-0.2, -0.15) is 0 Å². The van der Waals surface area contributed by atoms with E-state index in [0.717, 1.165) is 39.0 Å². The second kappa shape index (κ2) is 4.99. The van der Waals surface area contributed by atoms with Crippen LogP contribution < -0.4 is 9.47 Å². The Kier molecular flexibility index (Phi) is 3.08. The smallest absolute Gasteiger partial charge is 0.119 e. The predicted molar refractivity (Wildman–Crippen MR) is 90.8 cm³/mol. The average Bonchev–Trinajstić information content (AvgIpc) is 2.92. The zero-order valence-corrected chi connectivity index (χ0v) is 13.9. The molecule has 0 amide bonds. The van der Waals surface area contributed by atoms with Crippen LogP contribution in [0.15, 0.2) is 40.9 Å². The van der Waals surface area contributed by atoms with E-state index < -0.39 is 0 Å². The topological polar surface area (TPSA) is 31.4 Å². The van der Waals surface area contributed by atoms with Crippen LogP contribution in [0.5, 0.6) is 11.5 Å². The molecule has 0 fully saturated rings. The molecule has 0 N–H and O–H groups in total. The molecule has 1 aliphatic carbocycles. The minimum absolute atomic E-state index is 0.840. The van der Waals surface area contributed by atoms with Gasteiger partial charge in [-0.1, -0.05) is 0 Å². The van der Waals surface area contributed by atoms with Gasteiger partial charge in [0.2, 0.25) is 0 Å². The van der Waals surface area contributed by atoms with E-state index in [2.05, 4.69) is 28.1 Å². The zero-order valence-electron chi connectivity index (χ0n) is 12.3. The molecule has 1 aromatic heterocycles. The van der Waals surface area contributed by atoms with Crippen molar-refractivity contribution in [3.8, 4) is 22.8 Å². The number of halogens is 1. The number of rotatable bonds is 2. The summed E-state index contributed by atoms with van der Waals surface area (Å²) in [6.45, 7) is 0. The van der Waals surface area contributed by atoms with Gasteiger partial charge in [0.15, 0.2) is 0 Å². The molecule has 3 nitrogen and oxygen atoms in total. The van der Waals surface area contributed by atoms with Gasteiger partial charge >= 0.3 is 0 Å². The standard InChI is InChI=1S/C18H14BrNO2/c1-21-11-3-5-13-10(7-11)8-15-17(19)14-9-12(22-2)4-6-16(14)20-18(13)15/h3-7,9H,8H2,1-2H3. The Labute approximate surface area is 137 Å². The summed E-state index contributed by atoms with van der Waals surface area (Å²) in [7, 11) is 3.37. The van der Waals surface area contributed by atoms with Gasteiger partial charge in [0.1, 0.15) is 11.5 Å². The molecule has 0 bridgehead atoms. The highest BCUT2D eigenvalue weighted by Gasteiger charge is 2.24. The first-order chi connectivity index (χ1) is 10.7. The number of hydrogen-bond donors (Lipinski definition) is 0. The van der Waals surface area contributed by atoms with Crippen LogP contribution in [0.4, 0.5) is 0 Å². The van der Waals surface area contributed by atoms with Crippen LogP contribution >= 0.6 is 15.9 Å². The lowest BCUT2D eigenvalue weighted by molar-refractivity contribution is 0.414. The summed E-state index contributed by atoms with van der Waals surface area (Å²) >= 11 is 3.76. The highest BCUT2D eigenvalue weighted by atomic mass is 79.9. The van der Waals surface area contributed by atoms with Crippen LogP contribution in [0, 0.1) is 0 Å². The summed E-state index contributed by atoms with van der Waals surface area (Å²) in [6.07, 6.45) is 0.864. The van der Waals surface area contributed by atoms with E-state index in [1.807, 2.05) is 24.3 Å². The van der Waals surface area contributed by atoms with Crippen molar-refractivity contribution in [2.24, 2.45) is 0 Å². The summed E-state index contributed by atoms with van der Waals surface area (Å²) in [5.74, 6) is 1.72. The van der Waals surface area contributed by atoms with Gasteiger partial charge in [0, 0.05) is 21.8 Å². The lowest BCUT2D eigenvalue weighted by Gasteiger charge is -2.09. The highest BCUT2D eigenvalue weighted by Crippen LogP contribution is 2.43. The van der Waals surface area contributed by atoms with Gasteiger partial charge in [-0.25, -0.2) is 4.98 Å². The molecule has 1 aliphatic rings. The minimum atomic E-state index is 0.840. The Hall–Kier alpha value is -2.07. The lowest BCUT2D eigenvalue weighted by atomic mass is 10.1. The molecule has 4 heteroatoms. The molecule has 3 aromatic rings. The van der Waals surface area contributed by atoms with Crippen LogP contribution in [0.1, 0.15) is 11.1 Å². The summed E-state index contributed by atoms with van der Waals surface area (Å²) < 4.78 is 11.7. The fourth-order valence-corrected chi connectivity index (χ4v) is 3.66. The minimum Gasteiger partial charge on any atom is -0.497 e. The third-order valence-corrected chi connectivity index (χ3v) is 5.06. The van der Waals surface area contributed by atoms with Crippen molar-refractivity contribution in [2.75, 3.05) is 14.2 Å². The second-order valence-electron chi connectivity index (χ2n) is 5.34. The van der Waals surface area contributed by atoms with Gasteiger partial charge in [0.25, 0.3) is 0 Å². The molecule has 1 heterocycles. The van der Waals surface area contributed by atoms with Crippen LogP contribution in [0.2, 0.25) is 0 Å². The SMILES string of the molecule is COc1ccc2c(c1)Cc1c-2nc2ccc(OC)cc2c1Br. The van der Waals surface area contributed by atoms with Crippen LogP contribution in [-0.2, 0) is 6.42 Å². The second-order valence-corrected chi connectivity index (χ2v) is 6.13. The van der Waals surface area contributed by atoms with Crippen molar-refractivity contribution >= 4 is 26.8 Å². The Morgan fingerprint density at radius 1 is 1.00 bits per heavy atom. The fourth-order valence-electron chi connectivity index (χ4n) is 3.02. The summed E-state index contributed by atoms with van der Waals surface area (Å²) in [5, 5.41) is 1.08. The van der Waals surface area contributed by atoms with E-state index in [9.17, 15) is 0 Å². The monoisotopic (exact) mass is 355 g/mol. The summed E-state index contributed by atoms with van der Waals surface area (Å²) in [5.41, 5.74) is 5.69. The summed E-state index contributed by atoms with van der Waals surface area (Å²) in [6, 6.07) is 12.1. The maximum Gasteiger partial charge on any atom is 0.119 e. The van der Waals surface area contributed by atoms with E-state index in [1.54, 1.807) is 14.2 Å². The third-order valence-electron chi connectivity index (χ3n) is 4.16. The van der Waals surface area contributed by atoms with Gasteiger partial charge in [0.05, 0.1) is 25.4 Å². The van der Waals surface area contributed by atoms with Crippen molar-refractivity contribution in [3.63, 3.8) is 0 Å². The number of ether oxygens (including phenoxy) is 2. The van der Waals surface area contributed by atoms with E-state index >= 15 is 0 Å². The van der Waals surface area contributed by atoms with Crippen molar-refractivity contribution in [3.05, 3.63) is 52.0 Å². The number of pyridine rings is 1. The van der Waals surface area contributed by atoms with Crippen LogP contribution in [-0.4, -0.2) is 19.2 Å². The molecule has 0 saturated heterocycles. The molecular weight excluding hydrogens is 342 g/mol. The number of fused-ring (bicyclic) bond motifs is 4. The average molecular weight is 356 g/mol. The van der Waals surface area contributed by atoms with E-state index in [4.69, 9.17) is 14.5 Å². The van der Waals surface area contributed by atoms with Gasteiger partial charge in [-0.3, -0.25) is 0 Å². The predicted octanol–water partition coefficient (Wildman–Crippen LogP) is 4.59. The van der Waals surface area contributed by atoms with Gasteiger partial charge < -0.3 is 9.47 Å². The normalized spacial score (nSPS) is 12.1. The Morgan fingerprint density at radius 3 is 2.50 bits per heavy atom. The molecule has 4 rings (SSSR count). The Morgan fingerprint density at radius 2 is 1.73 bits per heavy atom. The molecule has 0 spiro atoms. The molecule has 22 heavy (non-hydrogen) atoms. The fraction of sp³-hybridized carbons (Fsp3) is 0.167. The van der Waals surface area contributed by atoms with Crippen molar-refractivity contribution in [2.45, 2.75) is 6.42 Å². The quantitative estimate of drug-likeness (QED) is 0.527. The Balaban J connectivity index is 1.96. The first-order valence-electron chi connectivity index (χ1n) is 7.04.